The minimum Gasteiger partial charge on any atom is -0.509 e. The Morgan fingerprint density at radius 1 is 1.00 bits per heavy atom. The maximum absolute atomic E-state index is 11.7. The molecule has 4 rings (SSSR count). The highest BCUT2D eigenvalue weighted by Crippen LogP contribution is 2.62. The monoisotopic (exact) mass is 290 g/mol. The van der Waals surface area contributed by atoms with Gasteiger partial charge in [0, 0.05) is 24.7 Å². The summed E-state index contributed by atoms with van der Waals surface area (Å²) in [6.45, 7) is 2.14. The number of hydrogen-bond donors (Lipinski definition) is 2. The van der Waals surface area contributed by atoms with Crippen molar-refractivity contribution in [1.29, 1.82) is 0 Å². The summed E-state index contributed by atoms with van der Waals surface area (Å²) in [5.41, 5.74) is -0.192. The van der Waals surface area contributed by atoms with Crippen LogP contribution >= 0.6 is 0 Å². The average Bonchev–Trinajstić information content (AvgIpc) is 2.70. The van der Waals surface area contributed by atoms with E-state index in [2.05, 4.69) is 6.92 Å². The lowest BCUT2D eigenvalue weighted by atomic mass is 9.50. The molecular weight excluding hydrogens is 264 g/mol. The normalized spacial score (nSPS) is 49.6. The standard InChI is InChI=1S/C18H26O3/c1-18-7-6-13-12-5-3-11(19)8-10(12)2-4-14(13)15(18)9-16(20)17(18)21/h10,12-15,20-21H,2-9H2,1H3/t10?,12-,13+,14+,15-,18-/m0/s1. The van der Waals surface area contributed by atoms with E-state index in [1.165, 1.54) is 12.8 Å². The second kappa shape index (κ2) is 4.50. The fourth-order valence-electron chi connectivity index (χ4n) is 6.28. The van der Waals surface area contributed by atoms with Gasteiger partial charge >= 0.3 is 0 Å². The first-order valence-electron chi connectivity index (χ1n) is 8.64. The predicted molar refractivity (Wildman–Crippen MR) is 79.8 cm³/mol. The molecule has 6 atom stereocenters. The molecule has 0 amide bonds. The Kier molecular flexibility index (Phi) is 2.93. The zero-order valence-corrected chi connectivity index (χ0v) is 12.8. The van der Waals surface area contributed by atoms with Gasteiger partial charge in [0.15, 0.2) is 0 Å². The number of ketones is 1. The lowest BCUT2D eigenvalue weighted by Gasteiger charge is -2.54. The van der Waals surface area contributed by atoms with Crippen LogP contribution in [0.1, 0.15) is 58.3 Å². The fourth-order valence-corrected chi connectivity index (χ4v) is 6.28. The molecule has 3 saturated carbocycles. The highest BCUT2D eigenvalue weighted by molar-refractivity contribution is 5.79. The van der Waals surface area contributed by atoms with Crippen molar-refractivity contribution < 1.29 is 15.0 Å². The van der Waals surface area contributed by atoms with Crippen molar-refractivity contribution in [3.63, 3.8) is 0 Å². The van der Waals surface area contributed by atoms with E-state index < -0.39 is 0 Å². The molecule has 116 valence electrons. The van der Waals surface area contributed by atoms with Gasteiger partial charge in [-0.25, -0.2) is 0 Å². The zero-order chi connectivity index (χ0) is 14.8. The van der Waals surface area contributed by atoms with E-state index in [0.717, 1.165) is 38.0 Å². The van der Waals surface area contributed by atoms with E-state index >= 15 is 0 Å². The van der Waals surface area contributed by atoms with Gasteiger partial charge in [-0.15, -0.1) is 0 Å². The number of Topliss-reactive ketones (excluding diaryl/α,β-unsaturated/α-hetero) is 1. The van der Waals surface area contributed by atoms with E-state index in [1.807, 2.05) is 0 Å². The fraction of sp³-hybridized carbons (Fsp3) is 0.833. The van der Waals surface area contributed by atoms with Crippen LogP contribution in [0.15, 0.2) is 11.5 Å². The van der Waals surface area contributed by atoms with Crippen LogP contribution in [-0.4, -0.2) is 16.0 Å². The number of aliphatic hydroxyl groups excluding tert-OH is 2. The number of aliphatic hydroxyl groups is 2. The molecule has 0 aromatic rings. The van der Waals surface area contributed by atoms with Gasteiger partial charge in [-0.2, -0.15) is 0 Å². The van der Waals surface area contributed by atoms with Crippen molar-refractivity contribution in [2.24, 2.45) is 35.0 Å². The van der Waals surface area contributed by atoms with E-state index in [9.17, 15) is 15.0 Å². The molecule has 0 spiro atoms. The van der Waals surface area contributed by atoms with Crippen molar-refractivity contribution in [3.8, 4) is 0 Å². The minimum absolute atomic E-state index is 0.192. The van der Waals surface area contributed by atoms with Crippen LogP contribution in [-0.2, 0) is 4.79 Å². The van der Waals surface area contributed by atoms with Gasteiger partial charge in [0.25, 0.3) is 0 Å². The van der Waals surface area contributed by atoms with E-state index in [4.69, 9.17) is 0 Å². The number of hydrogen-bond acceptors (Lipinski definition) is 3. The molecule has 3 heteroatoms. The van der Waals surface area contributed by atoms with Crippen molar-refractivity contribution in [3.05, 3.63) is 11.5 Å². The van der Waals surface area contributed by atoms with Gasteiger partial charge in [-0.1, -0.05) is 6.92 Å². The molecule has 2 N–H and O–H groups in total. The molecule has 0 saturated heterocycles. The molecular formula is C18H26O3. The number of allylic oxidation sites excluding steroid dienone is 2. The van der Waals surface area contributed by atoms with Crippen LogP contribution in [0, 0.1) is 35.0 Å². The van der Waals surface area contributed by atoms with Crippen LogP contribution < -0.4 is 0 Å². The Morgan fingerprint density at radius 2 is 1.81 bits per heavy atom. The first-order chi connectivity index (χ1) is 10.0. The summed E-state index contributed by atoms with van der Waals surface area (Å²) in [6, 6.07) is 0. The third-order valence-electron chi connectivity index (χ3n) is 7.38. The van der Waals surface area contributed by atoms with E-state index in [0.29, 0.717) is 35.9 Å². The van der Waals surface area contributed by atoms with Crippen LogP contribution in [0.2, 0.25) is 0 Å². The number of fused-ring (bicyclic) bond motifs is 5. The van der Waals surface area contributed by atoms with Gasteiger partial charge in [-0.3, -0.25) is 4.79 Å². The molecule has 0 heterocycles. The number of carbonyl (C=O) groups excluding carboxylic acids is 1. The maximum Gasteiger partial charge on any atom is 0.136 e. The van der Waals surface area contributed by atoms with Crippen LogP contribution in [0.25, 0.3) is 0 Å². The van der Waals surface area contributed by atoms with Crippen molar-refractivity contribution in [1.82, 2.24) is 0 Å². The summed E-state index contributed by atoms with van der Waals surface area (Å²) in [4.78, 5) is 11.7. The molecule has 0 aromatic carbocycles. The van der Waals surface area contributed by atoms with E-state index in [-0.39, 0.29) is 16.9 Å². The molecule has 0 aliphatic heterocycles. The highest BCUT2D eigenvalue weighted by atomic mass is 16.3. The highest BCUT2D eigenvalue weighted by Gasteiger charge is 2.56. The summed E-state index contributed by atoms with van der Waals surface area (Å²) < 4.78 is 0. The van der Waals surface area contributed by atoms with Crippen molar-refractivity contribution in [2.45, 2.75) is 58.3 Å². The van der Waals surface area contributed by atoms with Crippen LogP contribution in [0.5, 0.6) is 0 Å². The zero-order valence-electron chi connectivity index (χ0n) is 12.8. The second-order valence-electron chi connectivity index (χ2n) is 8.17. The summed E-state index contributed by atoms with van der Waals surface area (Å²) in [5, 5.41) is 20.3. The Balaban J connectivity index is 1.60. The molecule has 21 heavy (non-hydrogen) atoms. The second-order valence-corrected chi connectivity index (χ2v) is 8.17. The molecule has 4 aliphatic rings. The lowest BCUT2D eigenvalue weighted by molar-refractivity contribution is -0.127. The predicted octanol–water partition coefficient (Wildman–Crippen LogP) is 4.15. The molecule has 3 fully saturated rings. The molecule has 4 aliphatic carbocycles. The van der Waals surface area contributed by atoms with Gasteiger partial charge in [0.2, 0.25) is 0 Å². The number of carbonyl (C=O) groups is 1. The summed E-state index contributed by atoms with van der Waals surface area (Å²) in [5.74, 6) is 4.07. The van der Waals surface area contributed by atoms with Crippen LogP contribution in [0.3, 0.4) is 0 Å². The van der Waals surface area contributed by atoms with Crippen molar-refractivity contribution in [2.75, 3.05) is 0 Å². The Bertz CT molecular complexity index is 509. The Hall–Kier alpha value is -0.990. The lowest BCUT2D eigenvalue weighted by Crippen LogP contribution is -2.48. The summed E-state index contributed by atoms with van der Waals surface area (Å²) in [6.07, 6.45) is 7.84. The Morgan fingerprint density at radius 3 is 2.62 bits per heavy atom. The first kappa shape index (κ1) is 13.7. The van der Waals surface area contributed by atoms with Gasteiger partial charge in [0.05, 0.1) is 0 Å². The molecule has 1 unspecified atom stereocenters. The molecule has 0 aromatic heterocycles. The smallest absolute Gasteiger partial charge is 0.136 e. The maximum atomic E-state index is 11.7. The summed E-state index contributed by atoms with van der Waals surface area (Å²) in [7, 11) is 0. The SMILES string of the molecule is C[C@]12CC[C@H]3[C@@H](CCC4CC(=O)CC[C@@H]43)[C@@H]1CC(O)=C2O. The third-order valence-corrected chi connectivity index (χ3v) is 7.38. The largest absolute Gasteiger partial charge is 0.509 e. The minimum atomic E-state index is -0.192. The van der Waals surface area contributed by atoms with Gasteiger partial charge in [-0.05, 0) is 61.7 Å². The van der Waals surface area contributed by atoms with Crippen LogP contribution in [0.4, 0.5) is 0 Å². The van der Waals surface area contributed by atoms with Gasteiger partial charge in [0.1, 0.15) is 17.3 Å². The first-order valence-corrected chi connectivity index (χ1v) is 8.64. The van der Waals surface area contributed by atoms with Gasteiger partial charge < -0.3 is 10.2 Å². The van der Waals surface area contributed by atoms with Crippen molar-refractivity contribution >= 4 is 5.78 Å². The Labute approximate surface area is 126 Å². The molecule has 0 bridgehead atoms. The van der Waals surface area contributed by atoms with E-state index in [1.54, 1.807) is 0 Å². The summed E-state index contributed by atoms with van der Waals surface area (Å²) >= 11 is 0. The topological polar surface area (TPSA) is 57.5 Å². The third kappa shape index (κ3) is 1.82. The molecule has 0 radical (unpaired) electrons. The molecule has 3 nitrogen and oxygen atoms in total. The number of rotatable bonds is 0. The average molecular weight is 290 g/mol. The quantitative estimate of drug-likeness (QED) is 0.704.